The van der Waals surface area contributed by atoms with Gasteiger partial charge in [0.2, 0.25) is 5.95 Å². The van der Waals surface area contributed by atoms with Crippen LogP contribution in [0.5, 0.6) is 0 Å². The van der Waals surface area contributed by atoms with Crippen LogP contribution in [-0.2, 0) is 0 Å². The third-order valence-corrected chi connectivity index (χ3v) is 3.96. The average molecular weight is 348 g/mol. The molecule has 5 nitrogen and oxygen atoms in total. The van der Waals surface area contributed by atoms with Crippen molar-refractivity contribution >= 4 is 40.0 Å². The minimum absolute atomic E-state index is 0.189. The molecule has 4 rings (SSSR count). The van der Waals surface area contributed by atoms with Crippen LogP contribution < -0.4 is 11.1 Å². The maximum atomic E-state index is 6.06. The smallest absolute Gasteiger partial charge is 0.222 e. The number of pyridine rings is 1. The summed E-state index contributed by atoms with van der Waals surface area (Å²) in [7, 11) is 0. The van der Waals surface area contributed by atoms with E-state index in [2.05, 4.69) is 20.3 Å². The van der Waals surface area contributed by atoms with E-state index in [4.69, 9.17) is 17.3 Å². The first kappa shape index (κ1) is 15.4. The average Bonchev–Trinajstić information content (AvgIpc) is 2.61. The van der Waals surface area contributed by atoms with Crippen LogP contribution in [-0.4, -0.2) is 15.0 Å². The van der Waals surface area contributed by atoms with Crippen molar-refractivity contribution in [3.05, 3.63) is 71.9 Å². The van der Waals surface area contributed by atoms with Crippen LogP contribution in [0.2, 0.25) is 5.02 Å². The predicted octanol–water partition coefficient (Wildman–Crippen LogP) is 4.67. The van der Waals surface area contributed by atoms with Gasteiger partial charge in [0.15, 0.2) is 0 Å². The molecule has 2 aromatic carbocycles. The van der Waals surface area contributed by atoms with Crippen LogP contribution in [0.25, 0.3) is 22.2 Å². The van der Waals surface area contributed by atoms with Crippen molar-refractivity contribution in [2.45, 2.75) is 0 Å². The van der Waals surface area contributed by atoms with Gasteiger partial charge in [0.1, 0.15) is 5.82 Å². The molecular weight excluding hydrogens is 334 g/mol. The molecule has 0 amide bonds. The van der Waals surface area contributed by atoms with Gasteiger partial charge in [0.25, 0.3) is 0 Å². The molecule has 0 aliphatic carbocycles. The highest BCUT2D eigenvalue weighted by Gasteiger charge is 2.07. The Kier molecular flexibility index (Phi) is 3.91. The molecule has 2 aromatic heterocycles. The van der Waals surface area contributed by atoms with Gasteiger partial charge in [-0.05, 0) is 24.3 Å². The number of aromatic nitrogens is 3. The van der Waals surface area contributed by atoms with Crippen molar-refractivity contribution in [2.75, 3.05) is 11.1 Å². The van der Waals surface area contributed by atoms with Crippen molar-refractivity contribution in [3.8, 4) is 11.3 Å². The fourth-order valence-corrected chi connectivity index (χ4v) is 2.80. The number of anilines is 3. The maximum Gasteiger partial charge on any atom is 0.222 e. The topological polar surface area (TPSA) is 76.7 Å². The summed E-state index contributed by atoms with van der Waals surface area (Å²) >= 11 is 6.06. The first-order chi connectivity index (χ1) is 12.2. The monoisotopic (exact) mass is 347 g/mol. The summed E-state index contributed by atoms with van der Waals surface area (Å²) in [5.74, 6) is 0.785. The first-order valence-electron chi connectivity index (χ1n) is 7.70. The molecule has 0 spiro atoms. The van der Waals surface area contributed by atoms with Crippen molar-refractivity contribution in [3.63, 3.8) is 0 Å². The number of rotatable bonds is 3. The highest BCUT2D eigenvalue weighted by molar-refractivity contribution is 6.30. The molecule has 0 aliphatic rings. The number of nitrogen functional groups attached to an aromatic ring is 1. The Balaban J connectivity index is 1.70. The Morgan fingerprint density at radius 2 is 1.80 bits per heavy atom. The number of nitrogens with one attached hydrogen (secondary N) is 1. The molecule has 3 N–H and O–H groups in total. The van der Waals surface area contributed by atoms with Crippen molar-refractivity contribution in [1.82, 2.24) is 15.0 Å². The molecule has 0 bridgehead atoms. The third kappa shape index (κ3) is 3.36. The Morgan fingerprint density at radius 1 is 0.920 bits per heavy atom. The summed E-state index contributed by atoms with van der Waals surface area (Å²) in [6.07, 6.45) is 1.76. The Hall–Kier alpha value is -3.18. The summed E-state index contributed by atoms with van der Waals surface area (Å²) < 4.78 is 0. The molecule has 6 heteroatoms. The fraction of sp³-hybridized carbons (Fsp3) is 0. The van der Waals surface area contributed by atoms with Crippen molar-refractivity contribution in [1.29, 1.82) is 0 Å². The van der Waals surface area contributed by atoms with Gasteiger partial charge in [-0.1, -0.05) is 41.9 Å². The van der Waals surface area contributed by atoms with Crippen LogP contribution >= 0.6 is 11.6 Å². The lowest BCUT2D eigenvalue weighted by molar-refractivity contribution is 1.19. The van der Waals surface area contributed by atoms with E-state index in [1.54, 1.807) is 6.20 Å². The molecule has 25 heavy (non-hydrogen) atoms. The van der Waals surface area contributed by atoms with Crippen LogP contribution in [0.4, 0.5) is 17.5 Å². The zero-order valence-electron chi connectivity index (χ0n) is 13.1. The van der Waals surface area contributed by atoms with Gasteiger partial charge in [0, 0.05) is 22.0 Å². The van der Waals surface area contributed by atoms with E-state index in [-0.39, 0.29) is 5.95 Å². The lowest BCUT2D eigenvalue weighted by Gasteiger charge is -2.09. The summed E-state index contributed by atoms with van der Waals surface area (Å²) in [4.78, 5) is 13.0. The molecule has 4 aromatic rings. The van der Waals surface area contributed by atoms with E-state index >= 15 is 0 Å². The van der Waals surface area contributed by atoms with Gasteiger partial charge in [-0.2, -0.15) is 4.98 Å². The Morgan fingerprint density at radius 3 is 2.68 bits per heavy atom. The molecule has 122 valence electrons. The molecule has 0 aliphatic heterocycles. The summed E-state index contributed by atoms with van der Waals surface area (Å²) in [5.41, 5.74) is 9.21. The lowest BCUT2D eigenvalue weighted by Crippen LogP contribution is -2.01. The number of para-hydroxylation sites is 1. The largest absolute Gasteiger partial charge is 0.368 e. The summed E-state index contributed by atoms with van der Waals surface area (Å²) in [6, 6.07) is 19.2. The van der Waals surface area contributed by atoms with Crippen LogP contribution in [0.15, 0.2) is 66.9 Å². The molecule has 0 saturated heterocycles. The fourth-order valence-electron chi connectivity index (χ4n) is 2.61. The zero-order valence-corrected chi connectivity index (χ0v) is 13.9. The number of nitrogens with two attached hydrogens (primary N) is 1. The van der Waals surface area contributed by atoms with Crippen LogP contribution in [0.3, 0.4) is 0 Å². The number of hydrogen-bond donors (Lipinski definition) is 2. The third-order valence-electron chi connectivity index (χ3n) is 3.73. The Labute approximate surface area is 149 Å². The number of nitrogens with zero attached hydrogens (tertiary/aromatic N) is 3. The quantitative estimate of drug-likeness (QED) is 0.563. The second-order valence-corrected chi connectivity index (χ2v) is 5.99. The SMILES string of the molecule is Nc1nc(Nc2cnc3ccccc3c2)cc(-c2cccc(Cl)c2)n1. The zero-order chi connectivity index (χ0) is 17.2. The molecule has 0 radical (unpaired) electrons. The van der Waals surface area contributed by atoms with E-state index in [1.165, 1.54) is 0 Å². The summed E-state index contributed by atoms with van der Waals surface area (Å²) in [5, 5.41) is 4.92. The highest BCUT2D eigenvalue weighted by atomic mass is 35.5. The number of hydrogen-bond acceptors (Lipinski definition) is 5. The van der Waals surface area contributed by atoms with Gasteiger partial charge >= 0.3 is 0 Å². The summed E-state index contributed by atoms with van der Waals surface area (Å²) in [6.45, 7) is 0. The minimum Gasteiger partial charge on any atom is -0.368 e. The van der Waals surface area contributed by atoms with Crippen LogP contribution in [0, 0.1) is 0 Å². The van der Waals surface area contributed by atoms with Gasteiger partial charge in [-0.25, -0.2) is 4.98 Å². The van der Waals surface area contributed by atoms with Gasteiger partial charge in [-0.15, -0.1) is 0 Å². The number of benzene rings is 2. The van der Waals surface area contributed by atoms with Crippen LogP contribution in [0.1, 0.15) is 0 Å². The van der Waals surface area contributed by atoms with E-state index in [0.717, 1.165) is 22.2 Å². The second-order valence-electron chi connectivity index (χ2n) is 5.55. The minimum atomic E-state index is 0.189. The van der Waals surface area contributed by atoms with Crippen molar-refractivity contribution < 1.29 is 0 Å². The van der Waals surface area contributed by atoms with E-state index in [9.17, 15) is 0 Å². The molecule has 0 fully saturated rings. The molecular formula is C19H14ClN5. The molecule has 0 atom stereocenters. The van der Waals surface area contributed by atoms with E-state index in [0.29, 0.717) is 16.5 Å². The van der Waals surface area contributed by atoms with Crippen molar-refractivity contribution in [2.24, 2.45) is 0 Å². The lowest BCUT2D eigenvalue weighted by atomic mass is 10.1. The molecule has 0 unspecified atom stereocenters. The molecule has 2 heterocycles. The predicted molar refractivity (Wildman–Crippen MR) is 102 cm³/mol. The van der Waals surface area contributed by atoms with Gasteiger partial charge < -0.3 is 11.1 Å². The standard InChI is InChI=1S/C19H14ClN5/c20-14-6-3-5-12(8-14)17-10-18(25-19(21)24-17)23-15-9-13-4-1-2-7-16(13)22-11-15/h1-11H,(H3,21,23,24,25). The highest BCUT2D eigenvalue weighted by Crippen LogP contribution is 2.25. The number of fused-ring (bicyclic) bond motifs is 1. The second kappa shape index (κ2) is 6.37. The van der Waals surface area contributed by atoms with E-state index < -0.39 is 0 Å². The van der Waals surface area contributed by atoms with Gasteiger partial charge in [-0.3, -0.25) is 4.98 Å². The Bertz CT molecular complexity index is 1060. The van der Waals surface area contributed by atoms with Gasteiger partial charge in [0.05, 0.1) is 23.1 Å². The normalized spacial score (nSPS) is 10.8. The number of halogens is 1. The molecule has 0 saturated carbocycles. The maximum absolute atomic E-state index is 6.06. The van der Waals surface area contributed by atoms with E-state index in [1.807, 2.05) is 60.7 Å². The first-order valence-corrected chi connectivity index (χ1v) is 8.07.